The summed E-state index contributed by atoms with van der Waals surface area (Å²) in [5.41, 5.74) is 0.836. The molecule has 0 heterocycles. The molecule has 0 aliphatic rings. The molecule has 1 amide bonds. The third-order valence-electron chi connectivity index (χ3n) is 2.51. The fourth-order valence-electron chi connectivity index (χ4n) is 1.50. The molecular weight excluding hydrogens is 245 g/mol. The van der Waals surface area contributed by atoms with Crippen molar-refractivity contribution >= 4 is 11.6 Å². The van der Waals surface area contributed by atoms with Gasteiger partial charge in [0, 0.05) is 6.42 Å². The molecule has 2 N–H and O–H groups in total. The number of aliphatic hydroxyl groups excluding tert-OH is 1. The number of hydrogen-bond acceptors (Lipinski definition) is 2. The Morgan fingerprint density at radius 3 is 2.84 bits per heavy atom. The van der Waals surface area contributed by atoms with E-state index in [4.69, 9.17) is 5.11 Å². The van der Waals surface area contributed by atoms with E-state index in [1.165, 1.54) is 18.2 Å². The third kappa shape index (κ3) is 5.54. The predicted molar refractivity (Wildman–Crippen MR) is 73.1 cm³/mol. The van der Waals surface area contributed by atoms with Gasteiger partial charge < -0.3 is 10.4 Å². The molecule has 1 aromatic carbocycles. The zero-order valence-corrected chi connectivity index (χ0v) is 11.2. The predicted octanol–water partition coefficient (Wildman–Crippen LogP) is 2.54. The van der Waals surface area contributed by atoms with E-state index >= 15 is 0 Å². The van der Waals surface area contributed by atoms with E-state index in [2.05, 4.69) is 17.2 Å². The molecule has 0 saturated carbocycles. The first-order valence-electron chi connectivity index (χ1n) is 6.22. The van der Waals surface area contributed by atoms with E-state index in [-0.39, 0.29) is 12.5 Å². The zero-order valence-electron chi connectivity index (χ0n) is 11.2. The minimum Gasteiger partial charge on any atom is -0.384 e. The SMILES string of the molecule is CC(C)CCC(=O)Nc1ccc(F)cc1C#CCO. The van der Waals surface area contributed by atoms with Crippen LogP contribution in [0.2, 0.25) is 0 Å². The molecule has 0 radical (unpaired) electrons. The van der Waals surface area contributed by atoms with Gasteiger partial charge in [-0.05, 0) is 30.5 Å². The molecule has 0 atom stereocenters. The van der Waals surface area contributed by atoms with Crippen LogP contribution in [0.4, 0.5) is 10.1 Å². The van der Waals surface area contributed by atoms with Crippen LogP contribution in [0.3, 0.4) is 0 Å². The summed E-state index contributed by atoms with van der Waals surface area (Å²) < 4.78 is 13.1. The highest BCUT2D eigenvalue weighted by Gasteiger charge is 2.07. The van der Waals surface area contributed by atoms with Crippen molar-refractivity contribution in [3.05, 3.63) is 29.6 Å². The number of carbonyl (C=O) groups is 1. The van der Waals surface area contributed by atoms with E-state index in [0.29, 0.717) is 23.6 Å². The van der Waals surface area contributed by atoms with Gasteiger partial charge in [0.15, 0.2) is 0 Å². The number of nitrogens with one attached hydrogen (secondary N) is 1. The second kappa shape index (κ2) is 7.55. The fraction of sp³-hybridized carbons (Fsp3) is 0.400. The van der Waals surface area contributed by atoms with Crippen molar-refractivity contribution in [2.45, 2.75) is 26.7 Å². The van der Waals surface area contributed by atoms with Gasteiger partial charge in [0.1, 0.15) is 12.4 Å². The Hall–Kier alpha value is -1.86. The number of rotatable bonds is 4. The summed E-state index contributed by atoms with van der Waals surface area (Å²) in [6, 6.07) is 3.98. The van der Waals surface area contributed by atoms with Crippen LogP contribution >= 0.6 is 0 Å². The van der Waals surface area contributed by atoms with Gasteiger partial charge in [0.25, 0.3) is 0 Å². The number of anilines is 1. The van der Waals surface area contributed by atoms with Crippen molar-refractivity contribution in [1.82, 2.24) is 0 Å². The van der Waals surface area contributed by atoms with E-state index in [1.54, 1.807) is 0 Å². The first-order chi connectivity index (χ1) is 9.02. The molecule has 0 spiro atoms. The van der Waals surface area contributed by atoms with Crippen LogP contribution in [0.1, 0.15) is 32.3 Å². The molecule has 0 fully saturated rings. The average Bonchev–Trinajstić information content (AvgIpc) is 2.36. The molecule has 19 heavy (non-hydrogen) atoms. The van der Waals surface area contributed by atoms with E-state index in [1.807, 2.05) is 13.8 Å². The second-order valence-corrected chi connectivity index (χ2v) is 4.63. The maximum Gasteiger partial charge on any atom is 0.224 e. The molecule has 0 bridgehead atoms. The van der Waals surface area contributed by atoms with Gasteiger partial charge in [-0.3, -0.25) is 4.79 Å². The number of halogens is 1. The van der Waals surface area contributed by atoms with Crippen LogP contribution in [-0.4, -0.2) is 17.6 Å². The van der Waals surface area contributed by atoms with E-state index in [0.717, 1.165) is 6.42 Å². The molecule has 0 aliphatic carbocycles. The highest BCUT2D eigenvalue weighted by atomic mass is 19.1. The Balaban J connectivity index is 2.79. The van der Waals surface area contributed by atoms with Crippen molar-refractivity contribution in [3.63, 3.8) is 0 Å². The molecule has 0 saturated heterocycles. The van der Waals surface area contributed by atoms with Crippen LogP contribution in [0.25, 0.3) is 0 Å². The van der Waals surface area contributed by atoms with Gasteiger partial charge in [-0.25, -0.2) is 4.39 Å². The minimum atomic E-state index is -0.428. The fourth-order valence-corrected chi connectivity index (χ4v) is 1.50. The normalized spacial score (nSPS) is 9.95. The van der Waals surface area contributed by atoms with Gasteiger partial charge in [0.05, 0.1) is 11.3 Å². The van der Waals surface area contributed by atoms with Crippen LogP contribution in [0.15, 0.2) is 18.2 Å². The molecule has 102 valence electrons. The smallest absolute Gasteiger partial charge is 0.224 e. The zero-order chi connectivity index (χ0) is 14.3. The summed E-state index contributed by atoms with van der Waals surface area (Å²) in [7, 11) is 0. The number of carbonyl (C=O) groups excluding carboxylic acids is 1. The molecule has 0 unspecified atom stereocenters. The summed E-state index contributed by atoms with van der Waals surface area (Å²) in [6.07, 6.45) is 1.21. The van der Waals surface area contributed by atoms with Gasteiger partial charge in [-0.15, -0.1) is 0 Å². The van der Waals surface area contributed by atoms with E-state index < -0.39 is 5.82 Å². The second-order valence-electron chi connectivity index (χ2n) is 4.63. The van der Waals surface area contributed by atoms with Crippen molar-refractivity contribution < 1.29 is 14.3 Å². The van der Waals surface area contributed by atoms with Crippen molar-refractivity contribution in [2.24, 2.45) is 5.92 Å². The van der Waals surface area contributed by atoms with Crippen LogP contribution in [0.5, 0.6) is 0 Å². The number of hydrogen-bond donors (Lipinski definition) is 2. The van der Waals surface area contributed by atoms with Gasteiger partial charge >= 0.3 is 0 Å². The van der Waals surface area contributed by atoms with Crippen molar-refractivity contribution in [3.8, 4) is 11.8 Å². The van der Waals surface area contributed by atoms with Crippen molar-refractivity contribution in [1.29, 1.82) is 0 Å². The highest BCUT2D eigenvalue weighted by Crippen LogP contribution is 2.17. The molecule has 1 rings (SSSR count). The summed E-state index contributed by atoms with van der Waals surface area (Å²) in [4.78, 5) is 11.7. The maximum atomic E-state index is 13.1. The van der Waals surface area contributed by atoms with E-state index in [9.17, 15) is 9.18 Å². The van der Waals surface area contributed by atoms with Gasteiger partial charge in [-0.2, -0.15) is 0 Å². The Labute approximate surface area is 112 Å². The highest BCUT2D eigenvalue weighted by molar-refractivity contribution is 5.92. The number of benzene rings is 1. The van der Waals surface area contributed by atoms with Gasteiger partial charge in [0.2, 0.25) is 5.91 Å². The summed E-state index contributed by atoms with van der Waals surface area (Å²) in [6.45, 7) is 3.78. The molecule has 4 heteroatoms. The molecule has 0 aliphatic heterocycles. The Bertz CT molecular complexity index is 501. The van der Waals surface area contributed by atoms with Crippen LogP contribution in [-0.2, 0) is 4.79 Å². The number of amides is 1. The average molecular weight is 263 g/mol. The minimum absolute atomic E-state index is 0.118. The molecule has 1 aromatic rings. The Kier molecular flexibility index (Phi) is 6.04. The maximum absolute atomic E-state index is 13.1. The third-order valence-corrected chi connectivity index (χ3v) is 2.51. The summed E-state index contributed by atoms with van der Waals surface area (Å²) in [5.74, 6) is 4.97. The lowest BCUT2D eigenvalue weighted by molar-refractivity contribution is -0.116. The number of aliphatic hydroxyl groups is 1. The quantitative estimate of drug-likeness (QED) is 0.820. The monoisotopic (exact) mass is 263 g/mol. The van der Waals surface area contributed by atoms with Gasteiger partial charge in [-0.1, -0.05) is 25.7 Å². The Morgan fingerprint density at radius 1 is 1.47 bits per heavy atom. The standard InChI is InChI=1S/C15H18FNO2/c1-11(2)5-8-15(19)17-14-7-6-13(16)10-12(14)4-3-9-18/h6-7,10-11,18H,5,8-9H2,1-2H3,(H,17,19). The van der Waals surface area contributed by atoms with Crippen LogP contribution < -0.4 is 5.32 Å². The molecule has 0 aromatic heterocycles. The lowest BCUT2D eigenvalue weighted by atomic mass is 10.1. The summed E-state index contributed by atoms with van der Waals surface area (Å²) in [5, 5.41) is 11.4. The summed E-state index contributed by atoms with van der Waals surface area (Å²) >= 11 is 0. The van der Waals surface area contributed by atoms with Crippen molar-refractivity contribution in [2.75, 3.05) is 11.9 Å². The lowest BCUT2D eigenvalue weighted by Gasteiger charge is -2.08. The largest absolute Gasteiger partial charge is 0.384 e. The lowest BCUT2D eigenvalue weighted by Crippen LogP contribution is -2.13. The molecule has 3 nitrogen and oxygen atoms in total. The van der Waals surface area contributed by atoms with Crippen LogP contribution in [0, 0.1) is 23.6 Å². The topological polar surface area (TPSA) is 49.3 Å². The first-order valence-corrected chi connectivity index (χ1v) is 6.22. The Morgan fingerprint density at radius 2 is 2.21 bits per heavy atom. The first kappa shape index (κ1) is 15.2. The molecular formula is C15H18FNO2.